The van der Waals surface area contributed by atoms with Gasteiger partial charge >= 0.3 is 0 Å². The zero-order valence-corrected chi connectivity index (χ0v) is 9.50. The van der Waals surface area contributed by atoms with E-state index >= 15 is 0 Å². The van der Waals surface area contributed by atoms with Gasteiger partial charge in [-0.25, -0.2) is 8.78 Å². The summed E-state index contributed by atoms with van der Waals surface area (Å²) in [4.78, 5) is 2.05. The summed E-state index contributed by atoms with van der Waals surface area (Å²) in [5.74, 6) is -1.03. The second-order valence-corrected chi connectivity index (χ2v) is 4.44. The highest BCUT2D eigenvalue weighted by Crippen LogP contribution is 2.19. The van der Waals surface area contributed by atoms with Gasteiger partial charge < -0.3 is 0 Å². The summed E-state index contributed by atoms with van der Waals surface area (Å²) in [5.41, 5.74) is 0.491. The van der Waals surface area contributed by atoms with Gasteiger partial charge in [-0.1, -0.05) is 6.07 Å². The second-order valence-electron chi connectivity index (χ2n) is 4.44. The topological polar surface area (TPSA) is 27.0 Å². The van der Waals surface area contributed by atoms with Crippen molar-refractivity contribution in [3.63, 3.8) is 0 Å². The molecule has 1 atom stereocenters. The lowest BCUT2D eigenvalue weighted by Gasteiger charge is -2.29. The Morgan fingerprint density at radius 3 is 2.94 bits per heavy atom. The average molecular weight is 236 g/mol. The van der Waals surface area contributed by atoms with Crippen molar-refractivity contribution in [2.24, 2.45) is 5.92 Å². The van der Waals surface area contributed by atoms with Crippen LogP contribution in [0.4, 0.5) is 8.78 Å². The number of rotatable bonds is 2. The van der Waals surface area contributed by atoms with Crippen molar-refractivity contribution in [3.8, 4) is 6.07 Å². The van der Waals surface area contributed by atoms with Crippen LogP contribution in [0.5, 0.6) is 0 Å². The molecule has 0 amide bonds. The fourth-order valence-electron chi connectivity index (χ4n) is 2.20. The zero-order chi connectivity index (χ0) is 12.3. The fourth-order valence-corrected chi connectivity index (χ4v) is 2.20. The second kappa shape index (κ2) is 5.24. The monoisotopic (exact) mass is 236 g/mol. The predicted molar refractivity (Wildman–Crippen MR) is 60.0 cm³/mol. The van der Waals surface area contributed by atoms with Gasteiger partial charge in [0, 0.05) is 24.7 Å². The van der Waals surface area contributed by atoms with E-state index in [4.69, 9.17) is 5.26 Å². The molecule has 0 bridgehead atoms. The highest BCUT2D eigenvalue weighted by Gasteiger charge is 2.20. The first-order valence-corrected chi connectivity index (χ1v) is 5.75. The van der Waals surface area contributed by atoms with Crippen LogP contribution in [0.3, 0.4) is 0 Å². The summed E-state index contributed by atoms with van der Waals surface area (Å²) >= 11 is 0. The number of piperidine rings is 1. The van der Waals surface area contributed by atoms with Crippen LogP contribution in [0.15, 0.2) is 18.2 Å². The van der Waals surface area contributed by atoms with Crippen molar-refractivity contribution in [2.45, 2.75) is 19.4 Å². The lowest BCUT2D eigenvalue weighted by Crippen LogP contribution is -2.34. The Labute approximate surface area is 99.5 Å². The number of halogens is 2. The van der Waals surface area contributed by atoms with Crippen LogP contribution in [0.2, 0.25) is 0 Å². The number of nitrogens with zero attached hydrogens (tertiary/aromatic N) is 2. The molecule has 0 saturated carbocycles. The summed E-state index contributed by atoms with van der Waals surface area (Å²) in [6, 6.07) is 5.89. The molecule has 0 aromatic heterocycles. The van der Waals surface area contributed by atoms with Gasteiger partial charge in [0.1, 0.15) is 11.6 Å². The van der Waals surface area contributed by atoms with Gasteiger partial charge in [-0.2, -0.15) is 5.26 Å². The summed E-state index contributed by atoms with van der Waals surface area (Å²) in [6.07, 6.45) is 1.87. The molecule has 1 heterocycles. The summed E-state index contributed by atoms with van der Waals surface area (Å²) < 4.78 is 26.2. The van der Waals surface area contributed by atoms with Gasteiger partial charge in [0.25, 0.3) is 0 Å². The lowest BCUT2D eigenvalue weighted by molar-refractivity contribution is 0.190. The Morgan fingerprint density at radius 1 is 1.41 bits per heavy atom. The third kappa shape index (κ3) is 3.01. The molecule has 2 rings (SSSR count). The molecule has 1 aromatic carbocycles. The summed E-state index contributed by atoms with van der Waals surface area (Å²) in [7, 11) is 0. The molecular formula is C13H14F2N2. The van der Waals surface area contributed by atoms with E-state index < -0.39 is 11.6 Å². The van der Waals surface area contributed by atoms with Gasteiger partial charge in [0.2, 0.25) is 0 Å². The molecule has 1 aliphatic rings. The largest absolute Gasteiger partial charge is 0.298 e. The molecule has 0 radical (unpaired) electrons. The molecule has 1 fully saturated rings. The van der Waals surface area contributed by atoms with E-state index in [1.807, 2.05) is 4.90 Å². The Bertz CT molecular complexity index is 440. The van der Waals surface area contributed by atoms with E-state index in [0.29, 0.717) is 18.7 Å². The number of hydrogen-bond donors (Lipinski definition) is 0. The molecule has 0 aliphatic carbocycles. The van der Waals surface area contributed by atoms with Crippen molar-refractivity contribution in [3.05, 3.63) is 35.4 Å². The van der Waals surface area contributed by atoms with Crippen LogP contribution >= 0.6 is 0 Å². The van der Waals surface area contributed by atoms with E-state index in [9.17, 15) is 8.78 Å². The number of benzene rings is 1. The van der Waals surface area contributed by atoms with Crippen LogP contribution in [0.1, 0.15) is 18.4 Å². The molecule has 0 spiro atoms. The maximum absolute atomic E-state index is 13.5. The van der Waals surface area contributed by atoms with Gasteiger partial charge in [-0.15, -0.1) is 0 Å². The maximum atomic E-state index is 13.5. The minimum Gasteiger partial charge on any atom is -0.298 e. The smallest absolute Gasteiger partial charge is 0.130 e. The van der Waals surface area contributed by atoms with Crippen LogP contribution in [-0.2, 0) is 6.54 Å². The molecule has 1 unspecified atom stereocenters. The molecule has 1 aromatic rings. The van der Waals surface area contributed by atoms with Crippen LogP contribution in [-0.4, -0.2) is 18.0 Å². The van der Waals surface area contributed by atoms with E-state index in [1.165, 1.54) is 12.1 Å². The van der Waals surface area contributed by atoms with Crippen molar-refractivity contribution in [1.29, 1.82) is 5.26 Å². The Balaban J connectivity index is 2.03. The van der Waals surface area contributed by atoms with Gasteiger partial charge in [0.05, 0.1) is 12.0 Å². The van der Waals surface area contributed by atoms with Gasteiger partial charge in [-0.05, 0) is 25.5 Å². The minimum atomic E-state index is -0.556. The predicted octanol–water partition coefficient (Wildman–Crippen LogP) is 2.70. The lowest BCUT2D eigenvalue weighted by atomic mass is 9.99. The standard InChI is InChI=1S/C13H14F2N2/c14-12-4-3-11(13(15)6-12)9-17-5-1-2-10(7-16)8-17/h3-4,6,10H,1-2,5,8-9H2. The molecule has 4 heteroatoms. The maximum Gasteiger partial charge on any atom is 0.130 e. The highest BCUT2D eigenvalue weighted by atomic mass is 19.1. The number of hydrogen-bond acceptors (Lipinski definition) is 2. The zero-order valence-electron chi connectivity index (χ0n) is 9.50. The molecule has 0 N–H and O–H groups in total. The SMILES string of the molecule is N#CC1CCCN(Cc2ccc(F)cc2F)C1. The van der Waals surface area contributed by atoms with E-state index in [-0.39, 0.29) is 5.92 Å². The summed E-state index contributed by atoms with van der Waals surface area (Å²) in [6.45, 7) is 1.99. The first-order chi connectivity index (χ1) is 8.19. The van der Waals surface area contributed by atoms with Gasteiger partial charge in [0.15, 0.2) is 0 Å². The van der Waals surface area contributed by atoms with Crippen molar-refractivity contribution < 1.29 is 8.78 Å². The highest BCUT2D eigenvalue weighted by molar-refractivity contribution is 5.18. The normalized spacial score (nSPS) is 21.1. The van der Waals surface area contributed by atoms with Crippen molar-refractivity contribution in [2.75, 3.05) is 13.1 Å². The fraction of sp³-hybridized carbons (Fsp3) is 0.462. The van der Waals surface area contributed by atoms with Crippen LogP contribution in [0, 0.1) is 28.9 Å². The Morgan fingerprint density at radius 2 is 2.24 bits per heavy atom. The number of likely N-dealkylation sites (tertiary alicyclic amines) is 1. The first-order valence-electron chi connectivity index (χ1n) is 5.75. The third-order valence-corrected chi connectivity index (χ3v) is 3.10. The minimum absolute atomic E-state index is 0.0345. The molecular weight excluding hydrogens is 222 g/mol. The van der Waals surface area contributed by atoms with Crippen molar-refractivity contribution in [1.82, 2.24) is 4.90 Å². The Hall–Kier alpha value is -1.47. The summed E-state index contributed by atoms with van der Waals surface area (Å²) in [5, 5.41) is 8.87. The quantitative estimate of drug-likeness (QED) is 0.789. The first kappa shape index (κ1) is 12.0. The van der Waals surface area contributed by atoms with E-state index in [2.05, 4.69) is 6.07 Å². The molecule has 1 saturated heterocycles. The van der Waals surface area contributed by atoms with E-state index in [1.54, 1.807) is 0 Å². The molecule has 1 aliphatic heterocycles. The van der Waals surface area contributed by atoms with Crippen molar-refractivity contribution >= 4 is 0 Å². The molecule has 90 valence electrons. The molecule has 2 nitrogen and oxygen atoms in total. The van der Waals surface area contributed by atoms with Crippen LogP contribution < -0.4 is 0 Å². The third-order valence-electron chi connectivity index (χ3n) is 3.10. The Kier molecular flexibility index (Phi) is 3.70. The van der Waals surface area contributed by atoms with E-state index in [0.717, 1.165) is 25.5 Å². The molecule has 17 heavy (non-hydrogen) atoms. The number of nitriles is 1. The average Bonchev–Trinajstić information content (AvgIpc) is 2.33. The van der Waals surface area contributed by atoms with Crippen LogP contribution in [0.25, 0.3) is 0 Å². The van der Waals surface area contributed by atoms with Gasteiger partial charge in [-0.3, -0.25) is 4.90 Å².